The topological polar surface area (TPSA) is 319 Å². The summed E-state index contributed by atoms with van der Waals surface area (Å²) in [6.45, 7) is 0. The molecule has 15 nitrogen and oxygen atoms in total. The van der Waals surface area contributed by atoms with Crippen molar-refractivity contribution in [2.75, 3.05) is 0 Å². The van der Waals surface area contributed by atoms with E-state index in [0.29, 0.717) is 65.9 Å². The highest BCUT2D eigenvalue weighted by Gasteiger charge is 2.33. The lowest BCUT2D eigenvalue weighted by Gasteiger charge is -2.21. The van der Waals surface area contributed by atoms with Gasteiger partial charge in [0.15, 0.2) is 0 Å². The monoisotopic (exact) mass is 1180 g/mol. The zero-order valence-electron chi connectivity index (χ0n) is 46.9. The summed E-state index contributed by atoms with van der Waals surface area (Å²) in [5.41, 5.74) is 2.71. The van der Waals surface area contributed by atoms with E-state index in [1.165, 1.54) is 66.7 Å². The van der Waals surface area contributed by atoms with Crippen LogP contribution < -0.4 is 0 Å². The Morgan fingerprint density at radius 2 is 0.565 bits per heavy atom. The second kappa shape index (κ2) is 22.4. The third-order valence-electron chi connectivity index (χ3n) is 16.0. The fourth-order valence-corrected chi connectivity index (χ4v) is 12.2. The van der Waals surface area contributed by atoms with Crippen LogP contribution in [0.3, 0.4) is 0 Å². The Labute approximate surface area is 519 Å². The predicted octanol–water partition coefficient (Wildman–Crippen LogP) is 15.6. The van der Waals surface area contributed by atoms with E-state index in [0.717, 1.165) is 12.1 Å². The molecule has 0 aliphatic carbocycles. The molecule has 0 atom stereocenters. The number of halogens is 3. The molecule has 0 saturated heterocycles. The van der Waals surface area contributed by atoms with Crippen LogP contribution in [0.5, 0.6) is 0 Å². The van der Waals surface area contributed by atoms with Gasteiger partial charge in [-0.2, -0.15) is 81.6 Å². The minimum absolute atomic E-state index is 0.00657. The standard InChI is InChI=1S/C74H26F3N15/c75-74(76,77)57-8-13-66(91-64-9-4-44(69-49(32-83)14-40(27-78)15-50(69)33-84)22-59(64)60-23-45(5-10-65(60)91)70-51(34-85)16-41(28-79)17-52(70)35-86)63(26-57)58-3-1-2-48(31-82)73(58)92-67-11-6-46(71-53(36-87)18-42(29-80)19-54(71)37-88)24-61(67)62-25-47(7-12-68(62)92)72-55(38-89)20-43(30-81)21-56(72)39-90/h1-26H. The molecule has 0 radical (unpaired) electrons. The summed E-state index contributed by atoms with van der Waals surface area (Å²) in [7, 11) is 0. The van der Waals surface area contributed by atoms with Gasteiger partial charge in [0.25, 0.3) is 0 Å². The van der Waals surface area contributed by atoms with Gasteiger partial charge in [-0.3, -0.25) is 0 Å². The van der Waals surface area contributed by atoms with Crippen molar-refractivity contribution < 1.29 is 13.2 Å². The highest BCUT2D eigenvalue weighted by atomic mass is 19.4. The minimum Gasteiger partial charge on any atom is -0.309 e. The van der Waals surface area contributed by atoms with E-state index in [-0.39, 0.29) is 117 Å². The van der Waals surface area contributed by atoms with Crippen molar-refractivity contribution in [3.05, 3.63) is 236 Å². The summed E-state index contributed by atoms with van der Waals surface area (Å²) in [4.78, 5) is 0. The molecule has 2 heterocycles. The number of hydrogen-bond donors (Lipinski definition) is 0. The maximum atomic E-state index is 15.5. The van der Waals surface area contributed by atoms with Gasteiger partial charge in [-0.25, -0.2) is 0 Å². The number of rotatable bonds is 7. The zero-order chi connectivity index (χ0) is 64.9. The number of alkyl halides is 3. The van der Waals surface area contributed by atoms with Crippen LogP contribution in [-0.4, -0.2) is 9.13 Å². The number of aromatic nitrogens is 2. The van der Waals surface area contributed by atoms with Gasteiger partial charge in [-0.1, -0.05) is 36.4 Å². The van der Waals surface area contributed by atoms with Gasteiger partial charge in [-0.15, -0.1) is 0 Å². The van der Waals surface area contributed by atoms with E-state index < -0.39 is 11.7 Å². The first kappa shape index (κ1) is 57.4. The molecule has 0 fully saturated rings. The first-order valence-electron chi connectivity index (χ1n) is 27.1. The van der Waals surface area contributed by atoms with Gasteiger partial charge in [0.2, 0.25) is 0 Å². The molecule has 418 valence electrons. The van der Waals surface area contributed by atoms with Crippen LogP contribution in [0.2, 0.25) is 0 Å². The van der Waals surface area contributed by atoms with Crippen molar-refractivity contribution in [3.63, 3.8) is 0 Å². The van der Waals surface area contributed by atoms with E-state index in [1.807, 2.05) is 24.3 Å². The Bertz CT molecular complexity index is 5560. The average molecular weight is 1180 g/mol. The van der Waals surface area contributed by atoms with Gasteiger partial charge >= 0.3 is 6.18 Å². The molecule has 12 aromatic rings. The molecule has 12 rings (SSSR count). The summed E-state index contributed by atoms with van der Waals surface area (Å²) >= 11 is 0. The number of nitrogens with zero attached hydrogens (tertiary/aromatic N) is 15. The van der Waals surface area contributed by atoms with Crippen LogP contribution in [0.15, 0.2) is 158 Å². The molecule has 0 aliphatic rings. The van der Waals surface area contributed by atoms with Gasteiger partial charge in [-0.05, 0) is 144 Å². The first-order chi connectivity index (χ1) is 44.6. The summed E-state index contributed by atoms with van der Waals surface area (Å²) < 4.78 is 49.9. The fourth-order valence-electron chi connectivity index (χ4n) is 12.2. The molecule has 0 unspecified atom stereocenters. The summed E-state index contributed by atoms with van der Waals surface area (Å²) in [6, 6.07) is 65.0. The molecule has 18 heteroatoms. The molecule has 92 heavy (non-hydrogen) atoms. The molecule has 0 N–H and O–H groups in total. The van der Waals surface area contributed by atoms with Crippen molar-refractivity contribution >= 4 is 43.6 Å². The van der Waals surface area contributed by atoms with Crippen molar-refractivity contribution in [3.8, 4) is 146 Å². The Morgan fingerprint density at radius 3 is 0.837 bits per heavy atom. The lowest BCUT2D eigenvalue weighted by Crippen LogP contribution is -2.08. The lowest BCUT2D eigenvalue weighted by atomic mass is 9.91. The van der Waals surface area contributed by atoms with Crippen LogP contribution >= 0.6 is 0 Å². The molecular weight excluding hydrogens is 1160 g/mol. The number of fused-ring (bicyclic) bond motifs is 6. The number of benzene rings is 10. The highest BCUT2D eigenvalue weighted by molar-refractivity contribution is 6.15. The molecule has 2 aromatic heterocycles. The van der Waals surface area contributed by atoms with Crippen LogP contribution in [-0.2, 0) is 6.18 Å². The SMILES string of the molecule is N#Cc1cc(C#N)c(-c2ccc3c(c2)c2cc(-c4c(C#N)cc(C#N)cc4C#N)ccc2n3-c2ccc(C(F)(F)F)cc2-c2cccc(C#N)c2-n2c3ccc(-c4c(C#N)cc(C#N)cc4C#N)cc3c3cc(-c4c(C#N)cc(C#N)cc4C#N)ccc32)c(C#N)c1. The van der Waals surface area contributed by atoms with E-state index in [1.54, 1.807) is 88.0 Å². The first-order valence-corrected chi connectivity index (χ1v) is 27.1. The number of para-hydroxylation sites is 1. The van der Waals surface area contributed by atoms with Gasteiger partial charge in [0.05, 0.1) is 184 Å². The predicted molar refractivity (Wildman–Crippen MR) is 329 cm³/mol. The number of nitriles is 13. The maximum Gasteiger partial charge on any atom is 0.416 e. The van der Waals surface area contributed by atoms with Crippen molar-refractivity contribution in [2.45, 2.75) is 6.18 Å². The summed E-state index contributed by atoms with van der Waals surface area (Å²) in [5.74, 6) is 0. The molecule has 0 bridgehead atoms. The fraction of sp³-hybridized carbons (Fsp3) is 0.0135. The van der Waals surface area contributed by atoms with Crippen LogP contribution in [0.1, 0.15) is 77.9 Å². The Hall–Kier alpha value is -15.0. The highest BCUT2D eigenvalue weighted by Crippen LogP contribution is 2.47. The van der Waals surface area contributed by atoms with Crippen molar-refractivity contribution in [2.24, 2.45) is 0 Å². The van der Waals surface area contributed by atoms with E-state index in [2.05, 4.69) is 54.6 Å². The third-order valence-corrected chi connectivity index (χ3v) is 16.0. The number of hydrogen-bond acceptors (Lipinski definition) is 13. The third kappa shape index (κ3) is 9.13. The average Bonchev–Trinajstić information content (AvgIpc) is 1.56. The molecule has 0 spiro atoms. The van der Waals surface area contributed by atoms with E-state index in [9.17, 15) is 68.4 Å². The van der Waals surface area contributed by atoms with Crippen molar-refractivity contribution in [1.29, 1.82) is 68.4 Å². The van der Waals surface area contributed by atoms with Crippen LogP contribution in [0, 0.1) is 147 Å². The lowest BCUT2D eigenvalue weighted by molar-refractivity contribution is -0.137. The Kier molecular flexibility index (Phi) is 14.0. The molecule has 10 aromatic carbocycles. The van der Waals surface area contributed by atoms with Crippen LogP contribution in [0.4, 0.5) is 13.2 Å². The van der Waals surface area contributed by atoms with Crippen LogP contribution in [0.25, 0.3) is 111 Å². The van der Waals surface area contributed by atoms with Gasteiger partial charge in [0, 0.05) is 54.9 Å². The largest absolute Gasteiger partial charge is 0.416 e. The minimum atomic E-state index is -4.95. The quantitative estimate of drug-likeness (QED) is 0.143. The zero-order valence-corrected chi connectivity index (χ0v) is 46.9. The summed E-state index contributed by atoms with van der Waals surface area (Å²) in [6.07, 6.45) is -4.95. The maximum absolute atomic E-state index is 15.5. The van der Waals surface area contributed by atoms with Crippen molar-refractivity contribution in [1.82, 2.24) is 9.13 Å². The second-order valence-electron chi connectivity index (χ2n) is 20.8. The van der Waals surface area contributed by atoms with Gasteiger partial charge in [0.1, 0.15) is 6.07 Å². The second-order valence-corrected chi connectivity index (χ2v) is 20.8. The van der Waals surface area contributed by atoms with E-state index in [4.69, 9.17) is 0 Å². The smallest absolute Gasteiger partial charge is 0.309 e. The Balaban J connectivity index is 1.20. The summed E-state index contributed by atoms with van der Waals surface area (Å²) in [5, 5.41) is 136. The molecule has 0 amide bonds. The van der Waals surface area contributed by atoms with E-state index >= 15 is 13.2 Å². The van der Waals surface area contributed by atoms with Gasteiger partial charge < -0.3 is 9.13 Å². The molecule has 0 saturated carbocycles. The molecular formula is C74H26F3N15. The Morgan fingerprint density at radius 1 is 0.272 bits per heavy atom. The molecule has 0 aliphatic heterocycles. The normalized spacial score (nSPS) is 10.6.